The fourth-order valence-corrected chi connectivity index (χ4v) is 8.10. The Morgan fingerprint density at radius 3 is 2.54 bits per heavy atom. The molecule has 2 unspecified atom stereocenters. The second kappa shape index (κ2) is 9.82. The molecular weight excluding hydrogens is 580 g/mol. The van der Waals surface area contributed by atoms with Gasteiger partial charge in [-0.1, -0.05) is 45.1 Å². The summed E-state index contributed by atoms with van der Waals surface area (Å²) < 4.78 is 7.64. The Morgan fingerprint density at radius 2 is 1.84 bits per heavy atom. The number of halogens is 1. The van der Waals surface area contributed by atoms with E-state index >= 15 is 0 Å². The number of benzene rings is 1. The molecule has 12 heteroatoms. The van der Waals surface area contributed by atoms with Gasteiger partial charge in [0, 0.05) is 40.8 Å². The minimum absolute atomic E-state index is 0.118. The number of hydrogen-bond donors (Lipinski definition) is 0. The van der Waals surface area contributed by atoms with Gasteiger partial charge in [0.25, 0.3) is 0 Å². The number of pyridine rings is 1. The number of ether oxygens (including phenoxy) is 1. The molecule has 9 nitrogen and oxygen atoms in total. The predicted molar refractivity (Wildman–Crippen MR) is 142 cm³/mol. The maximum atomic E-state index is 13.8. The molecule has 190 valence electrons. The van der Waals surface area contributed by atoms with Crippen LogP contribution in [0.1, 0.15) is 16.4 Å². The molecule has 5 heterocycles. The summed E-state index contributed by atoms with van der Waals surface area (Å²) in [5.41, 5.74) is 1.26. The molecule has 0 N–H and O–H groups in total. The molecular formula is C25H21BrN4O5S2. The van der Waals surface area contributed by atoms with E-state index in [-0.39, 0.29) is 29.1 Å². The van der Waals surface area contributed by atoms with Crippen molar-refractivity contribution < 1.29 is 19.1 Å². The van der Waals surface area contributed by atoms with Crippen molar-refractivity contribution in [1.29, 1.82) is 0 Å². The van der Waals surface area contributed by atoms with Crippen molar-refractivity contribution in [2.24, 2.45) is 5.92 Å². The third kappa shape index (κ3) is 4.25. The molecule has 0 saturated carbocycles. The molecule has 3 amide bonds. The molecule has 3 aromatic rings. The van der Waals surface area contributed by atoms with E-state index < -0.39 is 17.1 Å². The molecule has 0 bridgehead atoms. The number of carbonyl (C=O) groups is 3. The Balaban J connectivity index is 1.42. The Kier molecular flexibility index (Phi) is 6.51. The van der Waals surface area contributed by atoms with Crippen LogP contribution >= 0.6 is 39.0 Å². The molecule has 2 saturated heterocycles. The highest BCUT2D eigenvalue weighted by molar-refractivity contribution is 9.10. The Bertz CT molecular complexity index is 1440. The number of thioether (sulfide) groups is 1. The first-order chi connectivity index (χ1) is 17.9. The fraction of sp³-hybridized carbons (Fsp3) is 0.320. The summed E-state index contributed by atoms with van der Waals surface area (Å²) >= 11 is 5.64. The Labute approximate surface area is 228 Å². The first-order valence-corrected chi connectivity index (χ1v) is 14.2. The van der Waals surface area contributed by atoms with Gasteiger partial charge in [-0.05, 0) is 35.9 Å². The van der Waals surface area contributed by atoms with Crippen LogP contribution in [0.25, 0.3) is 0 Å². The number of fused-ring (bicyclic) bond motifs is 2. The van der Waals surface area contributed by atoms with Crippen LogP contribution in [0.15, 0.2) is 63.1 Å². The molecule has 1 aromatic carbocycles. The molecule has 0 spiro atoms. The van der Waals surface area contributed by atoms with Crippen LogP contribution in [0.4, 0.5) is 5.69 Å². The van der Waals surface area contributed by atoms with Crippen LogP contribution in [0.5, 0.6) is 0 Å². The molecule has 2 aromatic heterocycles. The Hall–Kier alpha value is -2.80. The van der Waals surface area contributed by atoms with Crippen LogP contribution in [0.2, 0.25) is 0 Å². The van der Waals surface area contributed by atoms with Crippen molar-refractivity contribution >= 4 is 62.4 Å². The molecule has 0 aliphatic carbocycles. The van der Waals surface area contributed by atoms with Gasteiger partial charge in [0.05, 0.1) is 29.8 Å². The number of amides is 3. The first-order valence-electron chi connectivity index (χ1n) is 11.7. The average Bonchev–Trinajstić information content (AvgIpc) is 3.36. The number of rotatable bonds is 4. The molecule has 3 atom stereocenters. The van der Waals surface area contributed by atoms with Crippen molar-refractivity contribution in [1.82, 2.24) is 14.5 Å². The molecule has 6 rings (SSSR count). The number of aromatic nitrogens is 2. The van der Waals surface area contributed by atoms with Crippen molar-refractivity contribution in [2.45, 2.75) is 22.7 Å². The molecule has 3 aliphatic heterocycles. The van der Waals surface area contributed by atoms with E-state index in [1.807, 2.05) is 6.07 Å². The van der Waals surface area contributed by atoms with E-state index in [0.717, 1.165) is 21.4 Å². The number of thiazole rings is 1. The number of anilines is 1. The summed E-state index contributed by atoms with van der Waals surface area (Å²) in [5, 5.41) is -0.155. The predicted octanol–water partition coefficient (Wildman–Crippen LogP) is 2.72. The third-order valence-corrected chi connectivity index (χ3v) is 9.97. The highest BCUT2D eigenvalue weighted by Crippen LogP contribution is 2.53. The van der Waals surface area contributed by atoms with Gasteiger partial charge >= 0.3 is 4.87 Å². The van der Waals surface area contributed by atoms with Crippen molar-refractivity contribution in [3.05, 3.63) is 73.4 Å². The normalized spacial score (nSPS) is 23.2. The lowest BCUT2D eigenvalue weighted by molar-refractivity contribution is -0.136. The lowest BCUT2D eigenvalue weighted by atomic mass is 9.84. The number of morpholine rings is 1. The highest BCUT2D eigenvalue weighted by Gasteiger charge is 2.56. The van der Waals surface area contributed by atoms with E-state index in [0.29, 0.717) is 41.9 Å². The van der Waals surface area contributed by atoms with Gasteiger partial charge in [0.2, 0.25) is 17.7 Å². The second-order valence-electron chi connectivity index (χ2n) is 8.93. The number of nitrogens with zero attached hydrogens (tertiary/aromatic N) is 4. The minimum Gasteiger partial charge on any atom is -0.378 e. The van der Waals surface area contributed by atoms with E-state index in [4.69, 9.17) is 4.74 Å². The maximum absolute atomic E-state index is 13.8. The van der Waals surface area contributed by atoms with Gasteiger partial charge in [0.1, 0.15) is 11.8 Å². The Morgan fingerprint density at radius 1 is 1.08 bits per heavy atom. The number of carbonyl (C=O) groups excluding carboxylic acids is 3. The van der Waals surface area contributed by atoms with Crippen LogP contribution in [-0.2, 0) is 25.7 Å². The number of imide groups is 1. The largest absolute Gasteiger partial charge is 0.378 e. The smallest absolute Gasteiger partial charge is 0.308 e. The van der Waals surface area contributed by atoms with Gasteiger partial charge < -0.3 is 9.64 Å². The van der Waals surface area contributed by atoms with E-state index in [1.165, 1.54) is 21.2 Å². The van der Waals surface area contributed by atoms with Crippen LogP contribution in [-0.4, -0.2) is 63.7 Å². The quantitative estimate of drug-likeness (QED) is 0.424. The van der Waals surface area contributed by atoms with Gasteiger partial charge in [0.15, 0.2) is 0 Å². The zero-order valence-corrected chi connectivity index (χ0v) is 22.6. The number of hydrogen-bond acceptors (Lipinski definition) is 8. The minimum atomic E-state index is -0.729. The molecule has 2 fully saturated rings. The van der Waals surface area contributed by atoms with Gasteiger partial charge in [-0.2, -0.15) is 0 Å². The van der Waals surface area contributed by atoms with E-state index in [2.05, 4.69) is 20.9 Å². The van der Waals surface area contributed by atoms with Crippen LogP contribution in [0, 0.1) is 5.92 Å². The molecule has 3 aliphatic rings. The zero-order chi connectivity index (χ0) is 25.7. The third-order valence-electron chi connectivity index (χ3n) is 6.83. The topological polar surface area (TPSA) is 102 Å². The summed E-state index contributed by atoms with van der Waals surface area (Å²) in [6.45, 7) is 1.77. The van der Waals surface area contributed by atoms with Crippen molar-refractivity contribution in [2.75, 3.05) is 31.2 Å². The van der Waals surface area contributed by atoms with Crippen LogP contribution < -0.4 is 9.77 Å². The van der Waals surface area contributed by atoms with Gasteiger partial charge in [-0.25, -0.2) is 4.90 Å². The summed E-state index contributed by atoms with van der Waals surface area (Å²) in [7, 11) is 0. The van der Waals surface area contributed by atoms with Gasteiger partial charge in [-0.15, -0.1) is 0 Å². The van der Waals surface area contributed by atoms with E-state index in [1.54, 1.807) is 47.6 Å². The van der Waals surface area contributed by atoms with Crippen LogP contribution in [0.3, 0.4) is 0 Å². The van der Waals surface area contributed by atoms with Crippen molar-refractivity contribution in [3.8, 4) is 0 Å². The summed E-state index contributed by atoms with van der Waals surface area (Å²) in [5.74, 6) is -2.02. The highest BCUT2D eigenvalue weighted by atomic mass is 79.9. The lowest BCUT2D eigenvalue weighted by Crippen LogP contribution is -2.43. The molecule has 0 radical (unpaired) electrons. The lowest BCUT2D eigenvalue weighted by Gasteiger charge is -2.31. The summed E-state index contributed by atoms with van der Waals surface area (Å²) in [6.07, 6.45) is 3.32. The maximum Gasteiger partial charge on any atom is 0.308 e. The monoisotopic (exact) mass is 600 g/mol. The van der Waals surface area contributed by atoms with E-state index in [9.17, 15) is 19.2 Å². The second-order valence-corrected chi connectivity index (χ2v) is 12.0. The van der Waals surface area contributed by atoms with Gasteiger partial charge in [-0.3, -0.25) is 28.7 Å². The average molecular weight is 602 g/mol. The standard InChI is InChI=1S/C25H21BrN4O5S2/c26-15-3-5-16(6-4-15)30-22(32)19-18(14-2-1-7-27-12-14)21-24(36-20(19)23(30)33)29(25(34)37-21)13-17(31)28-8-10-35-11-9-28/h1-7,12,18-20H,8-11,13H2/t18-,19?,20?/m1/s1. The first kappa shape index (κ1) is 24.5. The molecule has 37 heavy (non-hydrogen) atoms. The summed E-state index contributed by atoms with van der Waals surface area (Å²) in [6, 6.07) is 10.7. The fourth-order valence-electron chi connectivity index (χ4n) is 5.07. The van der Waals surface area contributed by atoms with Crippen molar-refractivity contribution in [3.63, 3.8) is 0 Å². The summed E-state index contributed by atoms with van der Waals surface area (Å²) in [4.78, 5) is 61.3. The SMILES string of the molecule is O=C(Cn1c2c(sc1=O)[C@H](c1cccnc1)C1C(=O)N(c3ccc(Br)cc3)C(=O)C1S2)N1CCOCC1. The zero-order valence-electron chi connectivity index (χ0n) is 19.4.